The number of nitrogens with zero attached hydrogens (tertiary/aromatic N) is 2. The molecule has 1 heterocycles. The van der Waals surface area contributed by atoms with Crippen LogP contribution >= 0.6 is 15.9 Å². The molecule has 1 aromatic heterocycles. The third kappa shape index (κ3) is 5.17. The molecule has 0 amide bonds. The lowest BCUT2D eigenvalue weighted by molar-refractivity contribution is -0.143. The van der Waals surface area contributed by atoms with Gasteiger partial charge in [0, 0.05) is 18.5 Å². The molecule has 1 aromatic carbocycles. The standard InChI is InChI=1S/C21H21BrN2O4/c1-4-28-19(26)6-5-18(25)20-21(27)17(22)10-15(24-20)9-16-12(2)7-14(11-23)8-13(16)3/h7-8,10,27H,4-6,9H2,1-3H3. The number of aromatic nitrogens is 1. The lowest BCUT2D eigenvalue weighted by Crippen LogP contribution is -2.11. The molecule has 0 fully saturated rings. The predicted octanol–water partition coefficient (Wildman–Crippen LogP) is 4.16. The molecule has 2 rings (SSSR count). The second-order valence-corrected chi connectivity index (χ2v) is 7.25. The first kappa shape index (κ1) is 21.6. The van der Waals surface area contributed by atoms with Gasteiger partial charge in [-0.1, -0.05) is 0 Å². The summed E-state index contributed by atoms with van der Waals surface area (Å²) < 4.78 is 5.19. The van der Waals surface area contributed by atoms with Crippen LogP contribution in [0, 0.1) is 25.2 Å². The zero-order valence-corrected chi connectivity index (χ0v) is 17.6. The Balaban J connectivity index is 2.30. The summed E-state index contributed by atoms with van der Waals surface area (Å²) in [5, 5.41) is 19.3. The number of carbonyl (C=O) groups is 2. The van der Waals surface area contributed by atoms with E-state index in [-0.39, 0.29) is 30.9 Å². The van der Waals surface area contributed by atoms with Crippen LogP contribution in [-0.2, 0) is 16.0 Å². The minimum absolute atomic E-state index is 0.0660. The fourth-order valence-corrected chi connectivity index (χ4v) is 3.38. The largest absolute Gasteiger partial charge is 0.504 e. The maximum absolute atomic E-state index is 12.5. The normalized spacial score (nSPS) is 10.4. The van der Waals surface area contributed by atoms with Crippen LogP contribution in [0.1, 0.15) is 58.2 Å². The van der Waals surface area contributed by atoms with E-state index >= 15 is 0 Å². The second kappa shape index (κ2) is 9.47. The van der Waals surface area contributed by atoms with Crippen LogP contribution in [0.5, 0.6) is 5.75 Å². The summed E-state index contributed by atoms with van der Waals surface area (Å²) >= 11 is 3.27. The molecule has 28 heavy (non-hydrogen) atoms. The quantitative estimate of drug-likeness (QED) is 0.508. The summed E-state index contributed by atoms with van der Waals surface area (Å²) in [5.41, 5.74) is 4.04. The molecular formula is C21H21BrN2O4. The molecule has 7 heteroatoms. The van der Waals surface area contributed by atoms with Crippen molar-refractivity contribution < 1.29 is 19.4 Å². The highest BCUT2D eigenvalue weighted by molar-refractivity contribution is 9.10. The van der Waals surface area contributed by atoms with Gasteiger partial charge in [-0.05, 0) is 71.6 Å². The number of halogens is 1. The Morgan fingerprint density at radius 1 is 1.21 bits per heavy atom. The van der Waals surface area contributed by atoms with Gasteiger partial charge in [0.05, 0.1) is 29.1 Å². The third-order valence-electron chi connectivity index (χ3n) is 4.31. The van der Waals surface area contributed by atoms with Gasteiger partial charge in [0.25, 0.3) is 0 Å². The number of aryl methyl sites for hydroxylation is 2. The number of hydrogen-bond donors (Lipinski definition) is 1. The summed E-state index contributed by atoms with van der Waals surface area (Å²) in [6.07, 6.45) is 0.286. The van der Waals surface area contributed by atoms with Crippen LogP contribution in [-0.4, -0.2) is 28.4 Å². The maximum Gasteiger partial charge on any atom is 0.306 e. The van der Waals surface area contributed by atoms with Gasteiger partial charge in [-0.15, -0.1) is 0 Å². The molecule has 1 N–H and O–H groups in total. The minimum atomic E-state index is -0.464. The number of Topliss-reactive ketones (excluding diaryl/α,β-unsaturated/α-hetero) is 1. The van der Waals surface area contributed by atoms with Gasteiger partial charge >= 0.3 is 5.97 Å². The Labute approximate surface area is 172 Å². The summed E-state index contributed by atoms with van der Waals surface area (Å²) in [4.78, 5) is 28.3. The van der Waals surface area contributed by atoms with Gasteiger partial charge in [-0.25, -0.2) is 4.98 Å². The molecule has 0 aliphatic carbocycles. The summed E-state index contributed by atoms with van der Waals surface area (Å²) in [5.74, 6) is -1.14. The zero-order chi connectivity index (χ0) is 20.8. The molecule has 0 bridgehead atoms. The van der Waals surface area contributed by atoms with Crippen LogP contribution in [0.2, 0.25) is 0 Å². The van der Waals surface area contributed by atoms with E-state index in [1.54, 1.807) is 13.0 Å². The first-order chi connectivity index (χ1) is 13.3. The van der Waals surface area contributed by atoms with E-state index in [9.17, 15) is 14.7 Å². The molecule has 0 aliphatic heterocycles. The van der Waals surface area contributed by atoms with Crippen LogP contribution in [0.15, 0.2) is 22.7 Å². The topological polar surface area (TPSA) is 100 Å². The number of esters is 1. The molecule has 2 aromatic rings. The van der Waals surface area contributed by atoms with E-state index < -0.39 is 11.8 Å². The number of pyridine rings is 1. The highest BCUT2D eigenvalue weighted by Gasteiger charge is 2.19. The maximum atomic E-state index is 12.5. The molecule has 6 nitrogen and oxygen atoms in total. The number of ketones is 1. The summed E-state index contributed by atoms with van der Waals surface area (Å²) in [7, 11) is 0. The summed E-state index contributed by atoms with van der Waals surface area (Å²) in [6, 6.07) is 7.41. The van der Waals surface area contributed by atoms with Gasteiger partial charge in [-0.3, -0.25) is 9.59 Å². The smallest absolute Gasteiger partial charge is 0.306 e. The minimum Gasteiger partial charge on any atom is -0.504 e. The van der Waals surface area contributed by atoms with Crippen LogP contribution in [0.4, 0.5) is 0 Å². The van der Waals surface area contributed by atoms with Gasteiger partial charge in [0.1, 0.15) is 5.69 Å². The molecule has 0 radical (unpaired) electrons. The van der Waals surface area contributed by atoms with Crippen LogP contribution in [0.3, 0.4) is 0 Å². The molecule has 0 saturated heterocycles. The van der Waals surface area contributed by atoms with Crippen molar-refractivity contribution in [1.29, 1.82) is 5.26 Å². The Bertz CT molecular complexity index is 941. The Kier molecular flexibility index (Phi) is 7.30. The molecule has 0 spiro atoms. The Hall–Kier alpha value is -2.72. The van der Waals surface area contributed by atoms with E-state index in [0.29, 0.717) is 22.2 Å². The number of benzene rings is 1. The second-order valence-electron chi connectivity index (χ2n) is 6.40. The fraction of sp³-hybridized carbons (Fsp3) is 0.333. The molecule has 0 saturated carbocycles. The highest BCUT2D eigenvalue weighted by Crippen LogP contribution is 2.30. The van der Waals surface area contributed by atoms with Gasteiger partial charge < -0.3 is 9.84 Å². The highest BCUT2D eigenvalue weighted by atomic mass is 79.9. The lowest BCUT2D eigenvalue weighted by Gasteiger charge is -2.12. The third-order valence-corrected chi connectivity index (χ3v) is 4.91. The van der Waals surface area contributed by atoms with Crippen molar-refractivity contribution in [3.8, 4) is 11.8 Å². The van der Waals surface area contributed by atoms with Gasteiger partial charge in [0.15, 0.2) is 11.5 Å². The van der Waals surface area contributed by atoms with Crippen LogP contribution in [0.25, 0.3) is 0 Å². The number of nitriles is 1. The van der Waals surface area contributed by atoms with E-state index in [4.69, 9.17) is 10.00 Å². The molecule has 146 valence electrons. The number of ether oxygens (including phenoxy) is 1. The average molecular weight is 445 g/mol. The molecular weight excluding hydrogens is 424 g/mol. The van der Waals surface area contributed by atoms with Crippen molar-refractivity contribution in [2.24, 2.45) is 0 Å². The van der Waals surface area contributed by atoms with Crippen molar-refractivity contribution in [3.05, 3.63) is 56.3 Å². The first-order valence-electron chi connectivity index (χ1n) is 8.84. The summed E-state index contributed by atoms with van der Waals surface area (Å²) in [6.45, 7) is 5.79. The van der Waals surface area contributed by atoms with Crippen LogP contribution < -0.4 is 0 Å². The van der Waals surface area contributed by atoms with Crippen molar-refractivity contribution in [3.63, 3.8) is 0 Å². The van der Waals surface area contributed by atoms with E-state index in [1.807, 2.05) is 26.0 Å². The number of carbonyl (C=O) groups excluding carboxylic acids is 2. The number of hydrogen-bond acceptors (Lipinski definition) is 6. The lowest BCUT2D eigenvalue weighted by atomic mass is 9.95. The average Bonchev–Trinajstić information content (AvgIpc) is 2.65. The Morgan fingerprint density at radius 3 is 2.43 bits per heavy atom. The van der Waals surface area contributed by atoms with Crippen molar-refractivity contribution in [2.45, 2.75) is 40.0 Å². The molecule has 0 atom stereocenters. The van der Waals surface area contributed by atoms with E-state index in [0.717, 1.165) is 16.7 Å². The number of aromatic hydroxyl groups is 1. The van der Waals surface area contributed by atoms with E-state index in [2.05, 4.69) is 27.0 Å². The molecule has 0 aliphatic rings. The molecule has 0 unspecified atom stereocenters. The van der Waals surface area contributed by atoms with Gasteiger partial charge in [-0.2, -0.15) is 5.26 Å². The number of rotatable bonds is 7. The van der Waals surface area contributed by atoms with Gasteiger partial charge in [0.2, 0.25) is 0 Å². The van der Waals surface area contributed by atoms with E-state index in [1.165, 1.54) is 0 Å². The predicted molar refractivity (Wildman–Crippen MR) is 107 cm³/mol. The SMILES string of the molecule is CCOC(=O)CCC(=O)c1nc(Cc2c(C)cc(C#N)cc2C)cc(Br)c1O. The first-order valence-corrected chi connectivity index (χ1v) is 9.63. The zero-order valence-electron chi connectivity index (χ0n) is 16.0. The van der Waals surface area contributed by atoms with Crippen molar-refractivity contribution >= 4 is 27.7 Å². The van der Waals surface area contributed by atoms with Crippen molar-refractivity contribution in [1.82, 2.24) is 4.98 Å². The Morgan fingerprint density at radius 2 is 1.86 bits per heavy atom. The fourth-order valence-electron chi connectivity index (χ4n) is 2.93. The monoisotopic (exact) mass is 444 g/mol. The van der Waals surface area contributed by atoms with Crippen molar-refractivity contribution in [2.75, 3.05) is 6.61 Å².